The minimum Gasteiger partial charge on any atom is -0.383 e. The number of pyridine rings is 1. The summed E-state index contributed by atoms with van der Waals surface area (Å²) in [5.41, 5.74) is 2.50. The van der Waals surface area contributed by atoms with Crippen molar-refractivity contribution in [3.8, 4) is 0 Å². The van der Waals surface area contributed by atoms with Gasteiger partial charge in [0.15, 0.2) is 0 Å². The molecule has 1 N–H and O–H groups in total. The molecule has 0 aliphatic heterocycles. The third-order valence-electron chi connectivity index (χ3n) is 3.44. The van der Waals surface area contributed by atoms with Crippen LogP contribution in [0, 0.1) is 6.92 Å². The molecule has 0 spiro atoms. The molecule has 0 unspecified atom stereocenters. The van der Waals surface area contributed by atoms with Gasteiger partial charge in [0, 0.05) is 38.7 Å². The lowest BCUT2D eigenvalue weighted by Crippen LogP contribution is -2.25. The SMILES string of the molecule is CCN(CC)CCSc1ncc(CNCCOC)cc1C. The monoisotopic (exact) mass is 311 g/mol. The molecule has 21 heavy (non-hydrogen) atoms. The summed E-state index contributed by atoms with van der Waals surface area (Å²) in [6.07, 6.45) is 1.98. The molecule has 0 saturated carbocycles. The Morgan fingerprint density at radius 3 is 2.71 bits per heavy atom. The van der Waals surface area contributed by atoms with Crippen LogP contribution in [-0.4, -0.2) is 55.5 Å². The Morgan fingerprint density at radius 2 is 2.10 bits per heavy atom. The Hall–Kier alpha value is -0.620. The maximum atomic E-state index is 5.02. The molecule has 0 amide bonds. The number of ether oxygens (including phenoxy) is 1. The molecular formula is C16H29N3OS. The molecule has 120 valence electrons. The highest BCUT2D eigenvalue weighted by atomic mass is 32.2. The molecule has 5 heteroatoms. The molecule has 0 aliphatic carbocycles. The first-order valence-corrected chi connectivity index (χ1v) is 8.70. The van der Waals surface area contributed by atoms with Gasteiger partial charge in [-0.25, -0.2) is 4.98 Å². The smallest absolute Gasteiger partial charge is 0.0989 e. The zero-order chi connectivity index (χ0) is 15.5. The zero-order valence-corrected chi connectivity index (χ0v) is 14.6. The summed E-state index contributed by atoms with van der Waals surface area (Å²) >= 11 is 1.85. The molecule has 0 aromatic carbocycles. The van der Waals surface area contributed by atoms with E-state index in [1.807, 2.05) is 18.0 Å². The number of thioether (sulfide) groups is 1. The van der Waals surface area contributed by atoms with Crippen molar-refractivity contribution in [2.45, 2.75) is 32.3 Å². The number of methoxy groups -OCH3 is 1. The third kappa shape index (κ3) is 7.27. The van der Waals surface area contributed by atoms with Crippen molar-refractivity contribution in [1.29, 1.82) is 0 Å². The second-order valence-corrected chi connectivity index (χ2v) is 6.09. The number of aryl methyl sites for hydroxylation is 1. The van der Waals surface area contributed by atoms with Gasteiger partial charge in [0.2, 0.25) is 0 Å². The Labute approximate surface area is 133 Å². The van der Waals surface area contributed by atoms with E-state index < -0.39 is 0 Å². The van der Waals surface area contributed by atoms with Crippen molar-refractivity contribution >= 4 is 11.8 Å². The molecule has 1 aromatic rings. The number of hydrogen-bond acceptors (Lipinski definition) is 5. The van der Waals surface area contributed by atoms with Crippen LogP contribution in [0.5, 0.6) is 0 Å². The summed E-state index contributed by atoms with van der Waals surface area (Å²) in [5.74, 6) is 1.10. The number of nitrogens with zero attached hydrogens (tertiary/aromatic N) is 2. The highest BCUT2D eigenvalue weighted by molar-refractivity contribution is 7.99. The lowest BCUT2D eigenvalue weighted by Gasteiger charge is -2.17. The normalized spacial score (nSPS) is 11.3. The second kappa shape index (κ2) is 11.0. The molecular weight excluding hydrogens is 282 g/mol. The highest BCUT2D eigenvalue weighted by Gasteiger charge is 2.04. The van der Waals surface area contributed by atoms with Crippen molar-refractivity contribution in [2.75, 3.05) is 45.6 Å². The molecule has 1 heterocycles. The number of rotatable bonds is 11. The predicted octanol–water partition coefficient (Wildman–Crippen LogP) is 2.56. The second-order valence-electron chi connectivity index (χ2n) is 5.01. The molecule has 1 aromatic heterocycles. The highest BCUT2D eigenvalue weighted by Crippen LogP contribution is 2.20. The van der Waals surface area contributed by atoms with E-state index in [1.54, 1.807) is 7.11 Å². The molecule has 0 fully saturated rings. The Balaban J connectivity index is 2.39. The molecule has 0 bridgehead atoms. The Kier molecular flexibility index (Phi) is 9.67. The van der Waals surface area contributed by atoms with Crippen LogP contribution in [0.25, 0.3) is 0 Å². The van der Waals surface area contributed by atoms with Gasteiger partial charge >= 0.3 is 0 Å². The van der Waals surface area contributed by atoms with Gasteiger partial charge in [-0.3, -0.25) is 0 Å². The van der Waals surface area contributed by atoms with E-state index in [2.05, 4.69) is 42.0 Å². The third-order valence-corrected chi connectivity index (χ3v) is 4.53. The lowest BCUT2D eigenvalue weighted by molar-refractivity contribution is 0.199. The fraction of sp³-hybridized carbons (Fsp3) is 0.688. The lowest BCUT2D eigenvalue weighted by atomic mass is 10.2. The number of aromatic nitrogens is 1. The van der Waals surface area contributed by atoms with Crippen molar-refractivity contribution in [3.05, 3.63) is 23.4 Å². The summed E-state index contributed by atoms with van der Waals surface area (Å²) in [5, 5.41) is 4.50. The average molecular weight is 311 g/mol. The van der Waals surface area contributed by atoms with Crippen LogP contribution in [0.2, 0.25) is 0 Å². The van der Waals surface area contributed by atoms with Crippen LogP contribution in [0.4, 0.5) is 0 Å². The Bertz CT molecular complexity index is 397. The summed E-state index contributed by atoms with van der Waals surface area (Å²) < 4.78 is 5.02. The molecule has 0 radical (unpaired) electrons. The van der Waals surface area contributed by atoms with Gasteiger partial charge in [-0.05, 0) is 31.1 Å². The predicted molar refractivity (Wildman–Crippen MR) is 91.1 cm³/mol. The van der Waals surface area contributed by atoms with Crippen LogP contribution in [0.3, 0.4) is 0 Å². The van der Waals surface area contributed by atoms with Gasteiger partial charge in [-0.1, -0.05) is 19.9 Å². The van der Waals surface area contributed by atoms with Crippen LogP contribution in [0.15, 0.2) is 17.3 Å². The van der Waals surface area contributed by atoms with Gasteiger partial charge in [0.05, 0.1) is 11.6 Å². The average Bonchev–Trinajstić information content (AvgIpc) is 2.50. The maximum absolute atomic E-state index is 5.02. The molecule has 4 nitrogen and oxygen atoms in total. The van der Waals surface area contributed by atoms with Gasteiger partial charge in [-0.2, -0.15) is 0 Å². The van der Waals surface area contributed by atoms with Crippen molar-refractivity contribution < 1.29 is 4.74 Å². The standard InChI is InChI=1S/C16H29N3OS/c1-5-19(6-2)8-10-21-16-14(3)11-15(13-18-16)12-17-7-9-20-4/h11,13,17H,5-10,12H2,1-4H3. The number of nitrogens with one attached hydrogen (secondary N) is 1. The van der Waals surface area contributed by atoms with E-state index in [9.17, 15) is 0 Å². The first-order valence-electron chi connectivity index (χ1n) is 7.71. The van der Waals surface area contributed by atoms with Gasteiger partial charge in [-0.15, -0.1) is 11.8 Å². The van der Waals surface area contributed by atoms with E-state index in [1.165, 1.54) is 11.1 Å². The number of hydrogen-bond donors (Lipinski definition) is 1. The van der Waals surface area contributed by atoms with Crippen LogP contribution in [0.1, 0.15) is 25.0 Å². The minimum absolute atomic E-state index is 0.742. The first kappa shape index (κ1) is 18.4. The zero-order valence-electron chi connectivity index (χ0n) is 13.8. The molecule has 0 atom stereocenters. The fourth-order valence-corrected chi connectivity index (χ4v) is 3.04. The van der Waals surface area contributed by atoms with Crippen LogP contribution >= 0.6 is 11.8 Å². The summed E-state index contributed by atoms with van der Waals surface area (Å²) in [4.78, 5) is 7.04. The first-order chi connectivity index (χ1) is 10.2. The quantitative estimate of drug-likeness (QED) is 0.502. The molecule has 1 rings (SSSR count). The maximum Gasteiger partial charge on any atom is 0.0989 e. The van der Waals surface area contributed by atoms with Gasteiger partial charge in [0.25, 0.3) is 0 Å². The van der Waals surface area contributed by atoms with E-state index in [-0.39, 0.29) is 0 Å². The van der Waals surface area contributed by atoms with E-state index in [0.717, 1.165) is 50.1 Å². The molecule has 0 saturated heterocycles. The van der Waals surface area contributed by atoms with E-state index in [0.29, 0.717) is 0 Å². The Morgan fingerprint density at radius 1 is 1.33 bits per heavy atom. The summed E-state index contributed by atoms with van der Waals surface area (Å²) in [6.45, 7) is 12.4. The largest absolute Gasteiger partial charge is 0.383 e. The van der Waals surface area contributed by atoms with Gasteiger partial charge < -0.3 is 15.0 Å². The van der Waals surface area contributed by atoms with Crippen molar-refractivity contribution in [2.24, 2.45) is 0 Å². The topological polar surface area (TPSA) is 37.4 Å². The van der Waals surface area contributed by atoms with E-state index in [4.69, 9.17) is 4.74 Å². The van der Waals surface area contributed by atoms with E-state index >= 15 is 0 Å². The van der Waals surface area contributed by atoms with Crippen LogP contribution < -0.4 is 5.32 Å². The van der Waals surface area contributed by atoms with Crippen molar-refractivity contribution in [1.82, 2.24) is 15.2 Å². The summed E-state index contributed by atoms with van der Waals surface area (Å²) in [7, 11) is 1.72. The molecule has 0 aliphatic rings. The fourth-order valence-electron chi connectivity index (χ4n) is 2.09. The minimum atomic E-state index is 0.742. The summed E-state index contributed by atoms with van der Waals surface area (Å²) in [6, 6.07) is 2.23. The van der Waals surface area contributed by atoms with Crippen LogP contribution in [-0.2, 0) is 11.3 Å². The van der Waals surface area contributed by atoms with Crippen molar-refractivity contribution in [3.63, 3.8) is 0 Å². The van der Waals surface area contributed by atoms with Gasteiger partial charge in [0.1, 0.15) is 0 Å².